The molecule has 1 aromatic rings. The first-order chi connectivity index (χ1) is 8.65. The predicted molar refractivity (Wildman–Crippen MR) is 68.9 cm³/mol. The average Bonchev–Trinajstić information content (AvgIpc) is 2.84. The quantitative estimate of drug-likeness (QED) is 0.875. The fourth-order valence-corrected chi connectivity index (χ4v) is 2.52. The van der Waals surface area contributed by atoms with E-state index in [-0.39, 0.29) is 12.5 Å². The molecule has 2 N–H and O–H groups in total. The SMILES string of the molecule is NC(=O)CN(Cc1ccc(Cl)nn1)C1CCCC1. The number of nitrogens with two attached hydrogens (primary N) is 1. The van der Waals surface area contributed by atoms with Gasteiger partial charge in [0, 0.05) is 12.6 Å². The van der Waals surface area contributed by atoms with Crippen LogP contribution in [-0.4, -0.2) is 33.6 Å². The van der Waals surface area contributed by atoms with Gasteiger partial charge in [-0.15, -0.1) is 5.10 Å². The highest BCUT2D eigenvalue weighted by Gasteiger charge is 2.24. The van der Waals surface area contributed by atoms with Crippen molar-refractivity contribution in [2.75, 3.05) is 6.54 Å². The molecule has 6 heteroatoms. The van der Waals surface area contributed by atoms with E-state index in [9.17, 15) is 4.79 Å². The predicted octanol–water partition coefficient (Wildman–Crippen LogP) is 1.36. The molecule has 1 fully saturated rings. The molecule has 0 aliphatic heterocycles. The van der Waals surface area contributed by atoms with Crippen LogP contribution < -0.4 is 5.73 Å². The standard InChI is InChI=1S/C12H17ClN4O/c13-11-6-5-9(15-16-11)7-17(8-12(14)18)10-3-1-2-4-10/h5-6,10H,1-4,7-8H2,(H2,14,18). The maximum Gasteiger partial charge on any atom is 0.231 e. The summed E-state index contributed by atoms with van der Waals surface area (Å²) in [7, 11) is 0. The first kappa shape index (κ1) is 13.2. The fourth-order valence-electron chi connectivity index (χ4n) is 2.42. The molecule has 1 aliphatic rings. The van der Waals surface area contributed by atoms with Crippen molar-refractivity contribution in [2.24, 2.45) is 5.73 Å². The van der Waals surface area contributed by atoms with Crippen molar-refractivity contribution in [2.45, 2.75) is 38.3 Å². The number of aromatic nitrogens is 2. The van der Waals surface area contributed by atoms with Gasteiger partial charge in [-0.3, -0.25) is 9.69 Å². The third-order valence-corrected chi connectivity index (χ3v) is 3.45. The molecule has 1 aliphatic carbocycles. The number of primary amides is 1. The van der Waals surface area contributed by atoms with Gasteiger partial charge in [-0.25, -0.2) is 0 Å². The Morgan fingerprint density at radius 2 is 2.11 bits per heavy atom. The van der Waals surface area contributed by atoms with E-state index >= 15 is 0 Å². The summed E-state index contributed by atoms with van der Waals surface area (Å²) in [5.74, 6) is -0.302. The normalized spacial score (nSPS) is 16.3. The maximum atomic E-state index is 11.1. The number of halogens is 1. The van der Waals surface area contributed by atoms with E-state index in [1.807, 2.05) is 6.07 Å². The lowest BCUT2D eigenvalue weighted by Gasteiger charge is -2.26. The lowest BCUT2D eigenvalue weighted by atomic mass is 10.2. The van der Waals surface area contributed by atoms with Gasteiger partial charge in [0.25, 0.3) is 0 Å². The summed E-state index contributed by atoms with van der Waals surface area (Å²) in [6.07, 6.45) is 4.67. The number of hydrogen-bond donors (Lipinski definition) is 1. The minimum absolute atomic E-state index is 0.273. The molecule has 1 saturated carbocycles. The summed E-state index contributed by atoms with van der Waals surface area (Å²) in [6.45, 7) is 0.868. The molecule has 0 unspecified atom stereocenters. The molecule has 5 nitrogen and oxygen atoms in total. The number of carbonyl (C=O) groups excluding carboxylic acids is 1. The van der Waals surface area contributed by atoms with Crippen molar-refractivity contribution >= 4 is 17.5 Å². The molecule has 98 valence electrons. The van der Waals surface area contributed by atoms with Gasteiger partial charge >= 0.3 is 0 Å². The molecular formula is C12H17ClN4O. The molecule has 0 radical (unpaired) electrons. The highest BCUT2D eigenvalue weighted by atomic mass is 35.5. The van der Waals surface area contributed by atoms with Crippen molar-refractivity contribution in [1.82, 2.24) is 15.1 Å². The lowest BCUT2D eigenvalue weighted by molar-refractivity contribution is -0.119. The Kier molecular flexibility index (Phi) is 4.49. The van der Waals surface area contributed by atoms with Crippen molar-refractivity contribution in [1.29, 1.82) is 0 Å². The van der Waals surface area contributed by atoms with E-state index in [4.69, 9.17) is 17.3 Å². The maximum absolute atomic E-state index is 11.1. The Bertz CT molecular complexity index is 403. The molecule has 0 bridgehead atoms. The minimum atomic E-state index is -0.302. The molecule has 0 spiro atoms. The topological polar surface area (TPSA) is 72.1 Å². The van der Waals surface area contributed by atoms with Gasteiger partial charge < -0.3 is 5.73 Å². The summed E-state index contributed by atoms with van der Waals surface area (Å²) in [6, 6.07) is 3.97. The molecule has 1 amide bonds. The van der Waals surface area contributed by atoms with E-state index in [1.54, 1.807) is 6.07 Å². The molecule has 1 heterocycles. The Morgan fingerprint density at radius 3 is 2.67 bits per heavy atom. The van der Waals surface area contributed by atoms with Crippen molar-refractivity contribution < 1.29 is 4.79 Å². The number of carbonyl (C=O) groups is 1. The summed E-state index contributed by atoms with van der Waals surface area (Å²) in [5.41, 5.74) is 6.11. The molecule has 1 aromatic heterocycles. The van der Waals surface area contributed by atoms with E-state index in [2.05, 4.69) is 15.1 Å². The Hall–Kier alpha value is -1.20. The van der Waals surface area contributed by atoms with Crippen molar-refractivity contribution in [3.05, 3.63) is 23.0 Å². The van der Waals surface area contributed by atoms with Crippen LogP contribution >= 0.6 is 11.6 Å². The van der Waals surface area contributed by atoms with Crippen LogP contribution in [0.3, 0.4) is 0 Å². The summed E-state index contributed by atoms with van der Waals surface area (Å²) in [5, 5.41) is 8.21. The van der Waals surface area contributed by atoms with Crippen LogP contribution in [0.5, 0.6) is 0 Å². The van der Waals surface area contributed by atoms with Gasteiger partial charge in [0.15, 0.2) is 5.15 Å². The third kappa shape index (κ3) is 3.65. The zero-order chi connectivity index (χ0) is 13.0. The average molecular weight is 269 g/mol. The highest BCUT2D eigenvalue weighted by Crippen LogP contribution is 2.24. The number of amides is 1. The molecule has 0 aromatic carbocycles. The third-order valence-electron chi connectivity index (χ3n) is 3.25. The molecule has 0 saturated heterocycles. The van der Waals surface area contributed by atoms with Gasteiger partial charge in [-0.05, 0) is 25.0 Å². The first-order valence-corrected chi connectivity index (χ1v) is 6.53. The van der Waals surface area contributed by atoms with Gasteiger partial charge in [0.2, 0.25) is 5.91 Å². The van der Waals surface area contributed by atoms with E-state index in [0.29, 0.717) is 17.7 Å². The van der Waals surface area contributed by atoms with Crippen LogP contribution in [0.4, 0.5) is 0 Å². The van der Waals surface area contributed by atoms with E-state index in [1.165, 1.54) is 12.8 Å². The monoisotopic (exact) mass is 268 g/mol. The molecular weight excluding hydrogens is 252 g/mol. The summed E-state index contributed by atoms with van der Waals surface area (Å²) < 4.78 is 0. The summed E-state index contributed by atoms with van der Waals surface area (Å²) >= 11 is 5.70. The minimum Gasteiger partial charge on any atom is -0.369 e. The highest BCUT2D eigenvalue weighted by molar-refractivity contribution is 6.29. The van der Waals surface area contributed by atoms with Crippen LogP contribution in [0, 0.1) is 0 Å². The second kappa shape index (κ2) is 6.11. The van der Waals surface area contributed by atoms with Crippen LogP contribution in [-0.2, 0) is 11.3 Å². The number of rotatable bonds is 5. The second-order valence-corrected chi connectivity index (χ2v) is 5.04. The number of hydrogen-bond acceptors (Lipinski definition) is 4. The zero-order valence-corrected chi connectivity index (χ0v) is 10.9. The van der Waals surface area contributed by atoms with Crippen LogP contribution in [0.1, 0.15) is 31.4 Å². The van der Waals surface area contributed by atoms with Crippen molar-refractivity contribution in [3.63, 3.8) is 0 Å². The fraction of sp³-hybridized carbons (Fsp3) is 0.583. The molecule has 2 rings (SSSR count). The first-order valence-electron chi connectivity index (χ1n) is 6.15. The Balaban J connectivity index is 2.03. The van der Waals surface area contributed by atoms with Gasteiger partial charge in [0.1, 0.15) is 0 Å². The van der Waals surface area contributed by atoms with Crippen LogP contribution in [0.25, 0.3) is 0 Å². The zero-order valence-electron chi connectivity index (χ0n) is 10.2. The molecule has 18 heavy (non-hydrogen) atoms. The van der Waals surface area contributed by atoms with Gasteiger partial charge in [-0.1, -0.05) is 24.4 Å². The van der Waals surface area contributed by atoms with E-state index < -0.39 is 0 Å². The van der Waals surface area contributed by atoms with Crippen molar-refractivity contribution in [3.8, 4) is 0 Å². The Morgan fingerprint density at radius 1 is 1.39 bits per heavy atom. The largest absolute Gasteiger partial charge is 0.369 e. The Labute approximate surface area is 111 Å². The number of nitrogens with zero attached hydrogens (tertiary/aromatic N) is 3. The van der Waals surface area contributed by atoms with Crippen LogP contribution in [0.2, 0.25) is 5.15 Å². The van der Waals surface area contributed by atoms with E-state index in [0.717, 1.165) is 18.5 Å². The summed E-state index contributed by atoms with van der Waals surface area (Å²) in [4.78, 5) is 13.2. The van der Waals surface area contributed by atoms with Crippen LogP contribution in [0.15, 0.2) is 12.1 Å². The lowest BCUT2D eigenvalue weighted by Crippen LogP contribution is -2.39. The second-order valence-electron chi connectivity index (χ2n) is 4.66. The van der Waals surface area contributed by atoms with Gasteiger partial charge in [-0.2, -0.15) is 5.10 Å². The molecule has 0 atom stereocenters. The smallest absolute Gasteiger partial charge is 0.231 e. The van der Waals surface area contributed by atoms with Gasteiger partial charge in [0.05, 0.1) is 12.2 Å².